The first-order valence-electron chi connectivity index (χ1n) is 4.07. The van der Waals surface area contributed by atoms with Gasteiger partial charge in [-0.1, -0.05) is 0 Å². The Labute approximate surface area is 94.6 Å². The van der Waals surface area contributed by atoms with E-state index in [9.17, 15) is 4.79 Å². The molecule has 0 radical (unpaired) electrons. The van der Waals surface area contributed by atoms with E-state index in [1.807, 2.05) is 0 Å². The number of aromatic carboxylic acids is 1. The molecule has 1 aliphatic rings. The van der Waals surface area contributed by atoms with Gasteiger partial charge in [0.25, 0.3) is 0 Å². The van der Waals surface area contributed by atoms with Crippen molar-refractivity contribution in [2.75, 3.05) is 5.32 Å². The van der Waals surface area contributed by atoms with Gasteiger partial charge in [0.1, 0.15) is 0 Å². The summed E-state index contributed by atoms with van der Waals surface area (Å²) < 4.78 is 0. The summed E-state index contributed by atoms with van der Waals surface area (Å²) in [6, 6.07) is 0.482. The number of carbonyl (C=O) groups is 1. The number of anilines is 1. The van der Waals surface area contributed by atoms with Crippen LogP contribution in [0.3, 0.4) is 0 Å². The Bertz CT molecular complexity index is 329. The largest absolute Gasteiger partial charge is 1.00 e. The zero-order valence-electron chi connectivity index (χ0n) is 8.90. The van der Waals surface area contributed by atoms with Crippen LogP contribution in [-0.4, -0.2) is 27.1 Å². The molecular weight excluding hydrogens is 177 g/mol. The average Bonchev–Trinajstić information content (AvgIpc) is 2.89. The summed E-state index contributed by atoms with van der Waals surface area (Å²) in [5.74, 6) is -0.495. The zero-order chi connectivity index (χ0) is 9.26. The first-order chi connectivity index (χ1) is 6.25. The van der Waals surface area contributed by atoms with Crippen LogP contribution in [0.2, 0.25) is 0 Å². The number of hydrogen-bond acceptors (Lipinski definition) is 4. The third-order valence-electron chi connectivity index (χ3n) is 1.81. The van der Waals surface area contributed by atoms with Gasteiger partial charge in [0.05, 0.1) is 5.56 Å². The molecule has 5 nitrogen and oxygen atoms in total. The predicted molar refractivity (Wildman–Crippen MR) is 46.7 cm³/mol. The van der Waals surface area contributed by atoms with Crippen LogP contribution in [0, 0.1) is 0 Å². The minimum absolute atomic E-state index is 0. The maximum atomic E-state index is 10.4. The minimum Gasteiger partial charge on any atom is -1.00 e. The molecule has 70 valence electrons. The zero-order valence-corrected chi connectivity index (χ0v) is 7.90. The Morgan fingerprint density at radius 2 is 2.07 bits per heavy atom. The van der Waals surface area contributed by atoms with Gasteiger partial charge in [0, 0.05) is 18.4 Å². The van der Waals surface area contributed by atoms with E-state index in [0.29, 0.717) is 12.0 Å². The van der Waals surface area contributed by atoms with E-state index in [1.165, 1.54) is 12.4 Å². The Balaban J connectivity index is 0.000000980. The molecule has 1 heterocycles. The summed E-state index contributed by atoms with van der Waals surface area (Å²) in [6.45, 7) is 0. The Morgan fingerprint density at radius 3 is 2.50 bits per heavy atom. The number of nitrogens with zero attached hydrogens (tertiary/aromatic N) is 2. The van der Waals surface area contributed by atoms with Crippen LogP contribution in [0.25, 0.3) is 0 Å². The summed E-state index contributed by atoms with van der Waals surface area (Å²) >= 11 is 0. The molecule has 0 aromatic carbocycles. The van der Waals surface area contributed by atoms with Gasteiger partial charge >= 0.3 is 24.8 Å². The van der Waals surface area contributed by atoms with Crippen molar-refractivity contribution >= 4 is 11.9 Å². The second-order valence-electron chi connectivity index (χ2n) is 3.02. The Morgan fingerprint density at radius 1 is 1.50 bits per heavy atom. The van der Waals surface area contributed by atoms with Crippen LogP contribution in [-0.2, 0) is 0 Å². The van der Waals surface area contributed by atoms with Gasteiger partial charge < -0.3 is 11.8 Å². The third-order valence-corrected chi connectivity index (χ3v) is 1.81. The van der Waals surface area contributed by atoms with Crippen LogP contribution >= 0.6 is 0 Å². The smallest absolute Gasteiger partial charge is 1.00 e. The Hall–Kier alpha value is -1.05. The van der Waals surface area contributed by atoms with Crippen LogP contribution in [0.1, 0.15) is 24.6 Å². The molecule has 1 fully saturated rings. The molecule has 0 atom stereocenters. The van der Waals surface area contributed by atoms with Crippen LogP contribution < -0.4 is 24.2 Å². The van der Waals surface area contributed by atoms with E-state index in [0.717, 1.165) is 12.8 Å². The van der Waals surface area contributed by atoms with Crippen molar-refractivity contribution in [3.63, 3.8) is 0 Å². The number of carboxylic acids is 1. The topological polar surface area (TPSA) is 75.1 Å². The maximum Gasteiger partial charge on any atom is 1.00 e. The summed E-state index contributed by atoms with van der Waals surface area (Å²) in [6.07, 6.45) is 4.90. The van der Waals surface area contributed by atoms with Crippen molar-refractivity contribution in [2.24, 2.45) is 0 Å². The third kappa shape index (κ3) is 2.72. The van der Waals surface area contributed by atoms with Gasteiger partial charge in [-0.3, -0.25) is 0 Å². The molecule has 2 N–H and O–H groups in total. The molecule has 1 aromatic rings. The van der Waals surface area contributed by atoms with Crippen molar-refractivity contribution < 1.29 is 30.2 Å². The van der Waals surface area contributed by atoms with Crippen molar-refractivity contribution in [2.45, 2.75) is 18.9 Å². The first-order valence-corrected chi connectivity index (χ1v) is 4.07. The number of rotatable bonds is 3. The van der Waals surface area contributed by atoms with Gasteiger partial charge in [-0.15, -0.1) is 0 Å². The predicted octanol–water partition coefficient (Wildman–Crippen LogP) is -2.13. The van der Waals surface area contributed by atoms with Gasteiger partial charge in [0.15, 0.2) is 0 Å². The van der Waals surface area contributed by atoms with Crippen LogP contribution in [0.4, 0.5) is 5.95 Å². The summed E-state index contributed by atoms with van der Waals surface area (Å²) in [7, 11) is 0. The van der Waals surface area contributed by atoms with Gasteiger partial charge in [-0.25, -0.2) is 14.8 Å². The normalized spacial score (nSPS) is 14.3. The fourth-order valence-corrected chi connectivity index (χ4v) is 0.923. The molecule has 14 heavy (non-hydrogen) atoms. The SMILES string of the molecule is O=C(O)c1cnc(NC2CC2)nc1.[H-].[Li+]. The summed E-state index contributed by atoms with van der Waals surface area (Å²) in [4.78, 5) is 18.2. The first kappa shape index (κ1) is 11.0. The van der Waals surface area contributed by atoms with E-state index in [4.69, 9.17) is 5.11 Å². The molecule has 6 heteroatoms. The van der Waals surface area contributed by atoms with Crippen molar-refractivity contribution in [1.82, 2.24) is 9.97 Å². The molecule has 0 saturated heterocycles. The summed E-state index contributed by atoms with van der Waals surface area (Å²) in [5.41, 5.74) is 0.112. The molecule has 0 bridgehead atoms. The van der Waals surface area contributed by atoms with Crippen molar-refractivity contribution in [3.05, 3.63) is 18.0 Å². The van der Waals surface area contributed by atoms with Crippen molar-refractivity contribution in [1.29, 1.82) is 0 Å². The second-order valence-corrected chi connectivity index (χ2v) is 3.02. The van der Waals surface area contributed by atoms with Crippen molar-refractivity contribution in [3.8, 4) is 0 Å². The van der Waals surface area contributed by atoms with E-state index in [2.05, 4.69) is 15.3 Å². The van der Waals surface area contributed by atoms with E-state index in [-0.39, 0.29) is 25.9 Å². The van der Waals surface area contributed by atoms with Crippen LogP contribution in [0.15, 0.2) is 12.4 Å². The molecule has 1 aromatic heterocycles. The number of nitrogens with one attached hydrogen (secondary N) is 1. The molecule has 1 saturated carbocycles. The van der Waals surface area contributed by atoms with Gasteiger partial charge in [0.2, 0.25) is 5.95 Å². The van der Waals surface area contributed by atoms with Gasteiger partial charge in [-0.05, 0) is 12.8 Å². The van der Waals surface area contributed by atoms with E-state index < -0.39 is 5.97 Å². The molecule has 0 aliphatic heterocycles. The number of hydrogen-bond donors (Lipinski definition) is 2. The molecular formula is C8H10LiN3O2. The number of carboxylic acid groups (broad SMARTS) is 1. The molecule has 2 rings (SSSR count). The molecule has 0 unspecified atom stereocenters. The van der Waals surface area contributed by atoms with Gasteiger partial charge in [-0.2, -0.15) is 0 Å². The quantitative estimate of drug-likeness (QED) is 0.528. The van der Waals surface area contributed by atoms with E-state index >= 15 is 0 Å². The fraction of sp³-hybridized carbons (Fsp3) is 0.375. The number of aromatic nitrogens is 2. The van der Waals surface area contributed by atoms with E-state index in [1.54, 1.807) is 0 Å². The fourth-order valence-electron chi connectivity index (χ4n) is 0.923. The summed E-state index contributed by atoms with van der Waals surface area (Å²) in [5, 5.41) is 11.6. The molecule has 0 spiro atoms. The second kappa shape index (κ2) is 4.45. The van der Waals surface area contributed by atoms with Crippen LogP contribution in [0.5, 0.6) is 0 Å². The molecule has 0 amide bonds. The Kier molecular flexibility index (Phi) is 3.50. The minimum atomic E-state index is -1.00. The average molecular weight is 187 g/mol. The molecule has 1 aliphatic carbocycles. The standard InChI is InChI=1S/C8H9N3O2.Li.H/c12-7(13)5-3-9-8(10-4-5)11-6-1-2-6;;/h3-4,6H,1-2H2,(H,12,13)(H,9,10,11);;/q;+1;-1. The monoisotopic (exact) mass is 187 g/mol. The maximum absolute atomic E-state index is 10.4.